The van der Waals surface area contributed by atoms with Crippen molar-refractivity contribution < 1.29 is 24.5 Å². The van der Waals surface area contributed by atoms with E-state index in [9.17, 15) is 14.3 Å². The number of hydrogen-bond acceptors (Lipinski definition) is 7. The molecule has 0 aromatic carbocycles. The molecule has 0 bridgehead atoms. The van der Waals surface area contributed by atoms with Crippen molar-refractivity contribution in [2.45, 2.75) is 31.0 Å². The molecule has 106 valence electrons. The van der Waals surface area contributed by atoms with E-state index in [0.717, 1.165) is 11.5 Å². The second kappa shape index (κ2) is 4.85. The van der Waals surface area contributed by atoms with Crippen LogP contribution in [0, 0.1) is 0 Å². The van der Waals surface area contributed by atoms with E-state index in [1.807, 2.05) is 0 Å². The van der Waals surface area contributed by atoms with Crippen molar-refractivity contribution in [3.8, 4) is 0 Å². The van der Waals surface area contributed by atoms with Gasteiger partial charge in [-0.25, -0.2) is 9.18 Å². The van der Waals surface area contributed by atoms with Crippen LogP contribution in [-0.2, 0) is 4.74 Å². The molecule has 1 aromatic heterocycles. The average Bonchev–Trinajstić information content (AvgIpc) is 2.61. The first-order valence-electron chi connectivity index (χ1n) is 5.54. The van der Waals surface area contributed by atoms with Gasteiger partial charge < -0.3 is 14.9 Å². The third-order valence-electron chi connectivity index (χ3n) is 3.09. The first kappa shape index (κ1) is 13.9. The summed E-state index contributed by atoms with van der Waals surface area (Å²) in [6.07, 6.45) is -2.93. The Morgan fingerprint density at radius 2 is 2.37 bits per heavy atom. The molecule has 2 heterocycles. The SMILES string of the molecule is CC1(F)C(O)C(CO)OC1n1ccc(NO)nc1=O. The normalized spacial score (nSPS) is 34.5. The minimum absolute atomic E-state index is 0.0981. The van der Waals surface area contributed by atoms with Crippen LogP contribution in [0.4, 0.5) is 10.2 Å². The summed E-state index contributed by atoms with van der Waals surface area (Å²) in [5, 5.41) is 27.3. The maximum Gasteiger partial charge on any atom is 0.351 e. The Bertz CT molecular complexity index is 520. The third kappa shape index (κ3) is 2.21. The predicted molar refractivity (Wildman–Crippen MR) is 60.4 cm³/mol. The Morgan fingerprint density at radius 1 is 1.68 bits per heavy atom. The summed E-state index contributed by atoms with van der Waals surface area (Å²) in [5.74, 6) is -0.0981. The number of aromatic nitrogens is 2. The van der Waals surface area contributed by atoms with Gasteiger partial charge in [-0.15, -0.1) is 0 Å². The van der Waals surface area contributed by atoms with E-state index in [-0.39, 0.29) is 5.82 Å². The van der Waals surface area contributed by atoms with Crippen LogP contribution in [0.25, 0.3) is 0 Å². The number of rotatable bonds is 3. The number of nitrogens with zero attached hydrogens (tertiary/aromatic N) is 2. The first-order chi connectivity index (χ1) is 8.91. The van der Waals surface area contributed by atoms with E-state index >= 15 is 0 Å². The lowest BCUT2D eigenvalue weighted by atomic mass is 9.98. The number of hydrogen-bond donors (Lipinski definition) is 4. The molecular formula is C10H14FN3O5. The minimum Gasteiger partial charge on any atom is -0.394 e. The smallest absolute Gasteiger partial charge is 0.351 e. The topological polar surface area (TPSA) is 117 Å². The van der Waals surface area contributed by atoms with E-state index < -0.39 is 36.4 Å². The summed E-state index contributed by atoms with van der Waals surface area (Å²) in [6.45, 7) is 0.498. The number of anilines is 1. The van der Waals surface area contributed by atoms with E-state index in [4.69, 9.17) is 15.1 Å². The molecule has 19 heavy (non-hydrogen) atoms. The molecule has 2 rings (SSSR count). The maximum atomic E-state index is 14.4. The summed E-state index contributed by atoms with van der Waals surface area (Å²) in [4.78, 5) is 15.1. The van der Waals surface area contributed by atoms with Gasteiger partial charge in [0, 0.05) is 6.20 Å². The second-order valence-electron chi connectivity index (χ2n) is 4.42. The lowest BCUT2D eigenvalue weighted by Gasteiger charge is -2.24. The van der Waals surface area contributed by atoms with Crippen molar-refractivity contribution in [3.05, 3.63) is 22.7 Å². The van der Waals surface area contributed by atoms with Gasteiger partial charge in [0.15, 0.2) is 17.7 Å². The Hall–Kier alpha value is -1.55. The Labute approximate surface area is 107 Å². The first-order valence-corrected chi connectivity index (χ1v) is 5.54. The number of aliphatic hydroxyl groups is 2. The number of ether oxygens (including phenoxy) is 1. The summed E-state index contributed by atoms with van der Waals surface area (Å²) in [6, 6.07) is 1.24. The molecule has 4 atom stereocenters. The van der Waals surface area contributed by atoms with Gasteiger partial charge in [-0.05, 0) is 13.0 Å². The van der Waals surface area contributed by atoms with E-state index in [1.54, 1.807) is 5.48 Å². The predicted octanol–water partition coefficient (Wildman–Crippen LogP) is -0.977. The average molecular weight is 275 g/mol. The molecule has 1 aromatic rings. The minimum atomic E-state index is -2.26. The van der Waals surface area contributed by atoms with Crippen molar-refractivity contribution in [2.24, 2.45) is 0 Å². The molecule has 0 radical (unpaired) electrons. The molecule has 0 amide bonds. The van der Waals surface area contributed by atoms with Crippen molar-refractivity contribution in [3.63, 3.8) is 0 Å². The van der Waals surface area contributed by atoms with Crippen LogP contribution in [-0.4, -0.2) is 49.5 Å². The van der Waals surface area contributed by atoms with E-state index in [0.29, 0.717) is 0 Å². The fraction of sp³-hybridized carbons (Fsp3) is 0.600. The monoisotopic (exact) mass is 275 g/mol. The molecule has 1 aliphatic rings. The molecule has 9 heteroatoms. The third-order valence-corrected chi connectivity index (χ3v) is 3.09. The van der Waals surface area contributed by atoms with Gasteiger partial charge in [0.2, 0.25) is 0 Å². The molecule has 4 N–H and O–H groups in total. The summed E-state index contributed by atoms with van der Waals surface area (Å²) in [7, 11) is 0. The van der Waals surface area contributed by atoms with Crippen LogP contribution in [0.1, 0.15) is 13.2 Å². The van der Waals surface area contributed by atoms with Crippen molar-refractivity contribution in [1.82, 2.24) is 9.55 Å². The van der Waals surface area contributed by atoms with Crippen LogP contribution in [0.15, 0.2) is 17.1 Å². The van der Waals surface area contributed by atoms with Gasteiger partial charge in [-0.3, -0.25) is 15.3 Å². The molecule has 0 aliphatic carbocycles. The lowest BCUT2D eigenvalue weighted by Crippen LogP contribution is -2.42. The van der Waals surface area contributed by atoms with Gasteiger partial charge in [0.25, 0.3) is 0 Å². The van der Waals surface area contributed by atoms with Gasteiger partial charge in [-0.2, -0.15) is 4.98 Å². The molecule has 1 fully saturated rings. The van der Waals surface area contributed by atoms with Gasteiger partial charge in [0.1, 0.15) is 12.2 Å². The quantitative estimate of drug-likeness (QED) is 0.524. The van der Waals surface area contributed by atoms with Crippen LogP contribution >= 0.6 is 0 Å². The van der Waals surface area contributed by atoms with Crippen molar-refractivity contribution in [1.29, 1.82) is 0 Å². The number of halogens is 1. The Balaban J connectivity index is 2.39. The summed E-state index contributed by atoms with van der Waals surface area (Å²) in [5.41, 5.74) is -1.43. The zero-order valence-electron chi connectivity index (χ0n) is 10.0. The largest absolute Gasteiger partial charge is 0.394 e. The van der Waals surface area contributed by atoms with Crippen LogP contribution in [0.5, 0.6) is 0 Å². The Morgan fingerprint density at radius 3 is 2.84 bits per heavy atom. The second-order valence-corrected chi connectivity index (χ2v) is 4.42. The maximum absolute atomic E-state index is 14.4. The van der Waals surface area contributed by atoms with Crippen LogP contribution in [0.3, 0.4) is 0 Å². The van der Waals surface area contributed by atoms with E-state index in [1.165, 1.54) is 12.3 Å². The molecule has 1 aliphatic heterocycles. The molecule has 0 spiro atoms. The fourth-order valence-electron chi connectivity index (χ4n) is 2.02. The Kier molecular flexibility index (Phi) is 3.54. The van der Waals surface area contributed by atoms with Crippen molar-refractivity contribution in [2.75, 3.05) is 12.1 Å². The molecule has 1 saturated heterocycles. The highest BCUT2D eigenvalue weighted by Gasteiger charge is 2.55. The van der Waals surface area contributed by atoms with Crippen LogP contribution < -0.4 is 11.2 Å². The standard InChI is InChI=1S/C10H14FN3O5/c1-10(11)7(16)5(4-15)19-8(10)14-3-2-6(13-18)12-9(14)17/h2-3,5,7-8,15-16,18H,4H2,1H3,(H,12,13,17). The molecule has 4 unspecified atom stereocenters. The molecule has 8 nitrogen and oxygen atoms in total. The lowest BCUT2D eigenvalue weighted by molar-refractivity contribution is -0.0610. The summed E-state index contributed by atoms with van der Waals surface area (Å²) >= 11 is 0. The van der Waals surface area contributed by atoms with E-state index in [2.05, 4.69) is 4.98 Å². The number of aliphatic hydroxyl groups excluding tert-OH is 2. The fourth-order valence-corrected chi connectivity index (χ4v) is 2.02. The highest BCUT2D eigenvalue weighted by Crippen LogP contribution is 2.40. The zero-order chi connectivity index (χ0) is 14.2. The van der Waals surface area contributed by atoms with Gasteiger partial charge in [-0.1, -0.05) is 0 Å². The zero-order valence-corrected chi connectivity index (χ0v) is 10.0. The van der Waals surface area contributed by atoms with Gasteiger partial charge in [0.05, 0.1) is 6.61 Å². The van der Waals surface area contributed by atoms with Crippen LogP contribution in [0.2, 0.25) is 0 Å². The number of nitrogens with one attached hydrogen (secondary N) is 1. The summed E-state index contributed by atoms with van der Waals surface area (Å²) < 4.78 is 20.4. The molecule has 0 saturated carbocycles. The van der Waals surface area contributed by atoms with Crippen molar-refractivity contribution >= 4 is 5.82 Å². The molecular weight excluding hydrogens is 261 g/mol. The van der Waals surface area contributed by atoms with Gasteiger partial charge >= 0.3 is 5.69 Å². The number of alkyl halides is 1. The highest BCUT2D eigenvalue weighted by molar-refractivity contribution is 5.28. The highest BCUT2D eigenvalue weighted by atomic mass is 19.1.